The number of nitrogens with one attached hydrogen (secondary N) is 2. The number of rotatable bonds is 5. The topological polar surface area (TPSA) is 24.1 Å². The van der Waals surface area contributed by atoms with Gasteiger partial charge in [0, 0.05) is 23.1 Å². The quantitative estimate of drug-likeness (QED) is 0.854. The Morgan fingerprint density at radius 2 is 2.00 bits per heavy atom. The highest BCUT2D eigenvalue weighted by Crippen LogP contribution is 2.18. The Morgan fingerprint density at radius 1 is 1.26 bits per heavy atom. The first-order chi connectivity index (χ1) is 9.15. The highest BCUT2D eigenvalue weighted by atomic mass is 35.5. The number of halogens is 1. The van der Waals surface area contributed by atoms with Gasteiger partial charge in [0.25, 0.3) is 0 Å². The van der Waals surface area contributed by atoms with Crippen LogP contribution in [0.3, 0.4) is 0 Å². The number of hydrogen-bond acceptors (Lipinski definition) is 2. The molecule has 1 aliphatic rings. The lowest BCUT2D eigenvalue weighted by molar-refractivity contribution is 0.334. The van der Waals surface area contributed by atoms with Crippen molar-refractivity contribution in [3.63, 3.8) is 0 Å². The average Bonchev–Trinajstić information content (AvgIpc) is 2.40. The van der Waals surface area contributed by atoms with Gasteiger partial charge in [0.15, 0.2) is 0 Å². The zero-order chi connectivity index (χ0) is 13.7. The molecule has 1 aliphatic heterocycles. The standard InChI is InChI=1S/C16H25ClN2/c1-12(11-16-5-3-4-10-18-16)19-13(2)14-6-8-15(17)9-7-14/h6-9,12-13,16,18-19H,3-5,10-11H2,1-2H3/t12?,13-,16?/m0/s1. The SMILES string of the molecule is CC(CC1CCCCN1)N[C@@H](C)c1ccc(Cl)cc1. The lowest BCUT2D eigenvalue weighted by Crippen LogP contribution is -2.40. The molecule has 0 radical (unpaired) electrons. The van der Waals surface area contributed by atoms with Gasteiger partial charge in [0.05, 0.1) is 0 Å². The summed E-state index contributed by atoms with van der Waals surface area (Å²) in [5.74, 6) is 0. The highest BCUT2D eigenvalue weighted by Gasteiger charge is 2.17. The summed E-state index contributed by atoms with van der Waals surface area (Å²) < 4.78 is 0. The maximum Gasteiger partial charge on any atom is 0.0406 e. The first kappa shape index (κ1) is 14.8. The van der Waals surface area contributed by atoms with E-state index in [2.05, 4.69) is 36.6 Å². The van der Waals surface area contributed by atoms with Crippen molar-refractivity contribution in [1.82, 2.24) is 10.6 Å². The van der Waals surface area contributed by atoms with E-state index in [0.29, 0.717) is 18.1 Å². The second-order valence-corrected chi connectivity index (χ2v) is 6.16. The first-order valence-electron chi connectivity index (χ1n) is 7.40. The first-order valence-corrected chi connectivity index (χ1v) is 7.78. The molecule has 0 aliphatic carbocycles. The van der Waals surface area contributed by atoms with Crippen molar-refractivity contribution in [2.75, 3.05) is 6.54 Å². The van der Waals surface area contributed by atoms with E-state index in [4.69, 9.17) is 11.6 Å². The lowest BCUT2D eigenvalue weighted by atomic mass is 9.98. The summed E-state index contributed by atoms with van der Waals surface area (Å²) in [4.78, 5) is 0. The molecule has 0 aromatic heterocycles. The van der Waals surface area contributed by atoms with Gasteiger partial charge in [-0.3, -0.25) is 0 Å². The van der Waals surface area contributed by atoms with E-state index < -0.39 is 0 Å². The van der Waals surface area contributed by atoms with Crippen LogP contribution in [-0.2, 0) is 0 Å². The molecule has 2 nitrogen and oxygen atoms in total. The van der Waals surface area contributed by atoms with Crippen molar-refractivity contribution in [1.29, 1.82) is 0 Å². The van der Waals surface area contributed by atoms with Crippen LogP contribution in [0.2, 0.25) is 5.02 Å². The maximum absolute atomic E-state index is 5.92. The number of piperidine rings is 1. The smallest absolute Gasteiger partial charge is 0.0406 e. The van der Waals surface area contributed by atoms with Gasteiger partial charge in [-0.2, -0.15) is 0 Å². The predicted octanol–water partition coefficient (Wildman–Crippen LogP) is 3.91. The monoisotopic (exact) mass is 280 g/mol. The Kier molecular flexibility index (Phi) is 5.68. The van der Waals surface area contributed by atoms with Crippen molar-refractivity contribution in [2.24, 2.45) is 0 Å². The van der Waals surface area contributed by atoms with Crippen LogP contribution < -0.4 is 10.6 Å². The fourth-order valence-corrected chi connectivity index (χ4v) is 3.02. The van der Waals surface area contributed by atoms with E-state index in [1.165, 1.54) is 37.8 Å². The summed E-state index contributed by atoms with van der Waals surface area (Å²) in [5, 5.41) is 8.09. The van der Waals surface area contributed by atoms with Gasteiger partial charge in [0.1, 0.15) is 0 Å². The summed E-state index contributed by atoms with van der Waals surface area (Å²) in [6.07, 6.45) is 5.23. The summed E-state index contributed by atoms with van der Waals surface area (Å²) in [6.45, 7) is 5.68. The zero-order valence-corrected chi connectivity index (χ0v) is 12.7. The Balaban J connectivity index is 1.80. The summed E-state index contributed by atoms with van der Waals surface area (Å²) in [7, 11) is 0. The van der Waals surface area contributed by atoms with E-state index in [-0.39, 0.29) is 0 Å². The molecule has 19 heavy (non-hydrogen) atoms. The Morgan fingerprint density at radius 3 is 2.63 bits per heavy atom. The maximum atomic E-state index is 5.92. The minimum Gasteiger partial charge on any atom is -0.314 e. The highest BCUT2D eigenvalue weighted by molar-refractivity contribution is 6.30. The molecule has 2 unspecified atom stereocenters. The molecule has 1 saturated heterocycles. The van der Waals surface area contributed by atoms with E-state index in [1.54, 1.807) is 0 Å². The molecule has 0 amide bonds. The zero-order valence-electron chi connectivity index (χ0n) is 12.0. The second-order valence-electron chi connectivity index (χ2n) is 5.72. The number of hydrogen-bond donors (Lipinski definition) is 2. The van der Waals surface area contributed by atoms with Gasteiger partial charge < -0.3 is 10.6 Å². The van der Waals surface area contributed by atoms with Crippen LogP contribution >= 0.6 is 11.6 Å². The van der Waals surface area contributed by atoms with Crippen LogP contribution in [0.4, 0.5) is 0 Å². The fraction of sp³-hybridized carbons (Fsp3) is 0.625. The molecule has 3 atom stereocenters. The largest absolute Gasteiger partial charge is 0.314 e. The van der Waals surface area contributed by atoms with Crippen LogP contribution in [0.15, 0.2) is 24.3 Å². The normalized spacial score (nSPS) is 23.0. The van der Waals surface area contributed by atoms with E-state index >= 15 is 0 Å². The van der Waals surface area contributed by atoms with Gasteiger partial charge in [-0.1, -0.05) is 30.2 Å². The third-order valence-corrected chi connectivity index (χ3v) is 4.21. The number of benzene rings is 1. The van der Waals surface area contributed by atoms with Gasteiger partial charge in [-0.25, -0.2) is 0 Å². The van der Waals surface area contributed by atoms with Crippen LogP contribution in [-0.4, -0.2) is 18.6 Å². The third-order valence-electron chi connectivity index (χ3n) is 3.95. The van der Waals surface area contributed by atoms with Gasteiger partial charge in [0.2, 0.25) is 0 Å². The molecule has 3 heteroatoms. The Bertz CT molecular complexity index is 371. The van der Waals surface area contributed by atoms with Crippen LogP contribution in [0, 0.1) is 0 Å². The van der Waals surface area contributed by atoms with Crippen molar-refractivity contribution in [3.05, 3.63) is 34.9 Å². The molecule has 0 saturated carbocycles. The summed E-state index contributed by atoms with van der Waals surface area (Å²) in [5.41, 5.74) is 1.30. The van der Waals surface area contributed by atoms with Crippen molar-refractivity contribution >= 4 is 11.6 Å². The molecular formula is C16H25ClN2. The minimum absolute atomic E-state index is 0.371. The van der Waals surface area contributed by atoms with Crippen LogP contribution in [0.5, 0.6) is 0 Å². The van der Waals surface area contributed by atoms with E-state index in [1.807, 2.05) is 12.1 Å². The molecule has 1 fully saturated rings. The second kappa shape index (κ2) is 7.28. The summed E-state index contributed by atoms with van der Waals surface area (Å²) >= 11 is 5.92. The Labute approximate surface area is 121 Å². The van der Waals surface area contributed by atoms with Crippen LogP contribution in [0.1, 0.15) is 51.1 Å². The molecule has 106 valence electrons. The van der Waals surface area contributed by atoms with Crippen molar-refractivity contribution in [3.8, 4) is 0 Å². The van der Waals surface area contributed by atoms with Crippen molar-refractivity contribution in [2.45, 2.75) is 57.7 Å². The molecular weight excluding hydrogens is 256 g/mol. The summed E-state index contributed by atoms with van der Waals surface area (Å²) in [6, 6.07) is 9.72. The molecule has 1 aromatic rings. The molecule has 0 spiro atoms. The fourth-order valence-electron chi connectivity index (χ4n) is 2.89. The van der Waals surface area contributed by atoms with Gasteiger partial charge in [-0.05, 0) is 57.4 Å². The van der Waals surface area contributed by atoms with Crippen LogP contribution in [0.25, 0.3) is 0 Å². The molecule has 0 bridgehead atoms. The van der Waals surface area contributed by atoms with Gasteiger partial charge >= 0.3 is 0 Å². The van der Waals surface area contributed by atoms with E-state index in [0.717, 1.165) is 5.02 Å². The molecule has 1 aromatic carbocycles. The van der Waals surface area contributed by atoms with Gasteiger partial charge in [-0.15, -0.1) is 0 Å². The predicted molar refractivity (Wildman–Crippen MR) is 82.7 cm³/mol. The van der Waals surface area contributed by atoms with Crippen molar-refractivity contribution < 1.29 is 0 Å². The molecule has 2 N–H and O–H groups in total. The third kappa shape index (κ3) is 4.79. The Hall–Kier alpha value is -0.570. The molecule has 1 heterocycles. The lowest BCUT2D eigenvalue weighted by Gasteiger charge is -2.28. The average molecular weight is 281 g/mol. The minimum atomic E-state index is 0.371. The molecule has 2 rings (SSSR count). The van der Waals surface area contributed by atoms with E-state index in [9.17, 15) is 0 Å².